The van der Waals surface area contributed by atoms with Gasteiger partial charge in [0.05, 0.1) is 0 Å². The molecule has 16 heavy (non-hydrogen) atoms. The molecule has 94 valence electrons. The van der Waals surface area contributed by atoms with Crippen LogP contribution >= 0.6 is 0 Å². The van der Waals surface area contributed by atoms with E-state index in [1.54, 1.807) is 0 Å². The van der Waals surface area contributed by atoms with Crippen molar-refractivity contribution in [2.45, 2.75) is 58.4 Å². The average Bonchev–Trinajstić information content (AvgIpc) is 2.30. The Kier molecular flexibility index (Phi) is 5.81. The van der Waals surface area contributed by atoms with Gasteiger partial charge in [0, 0.05) is 25.6 Å². The van der Waals surface area contributed by atoms with Gasteiger partial charge in [-0.2, -0.15) is 0 Å². The zero-order chi connectivity index (χ0) is 12.0. The Morgan fingerprint density at radius 2 is 2.25 bits per heavy atom. The number of rotatable bonds is 5. The minimum Gasteiger partial charge on any atom is -0.396 e. The molecule has 0 aromatic carbocycles. The molecule has 0 aromatic rings. The molecule has 0 spiro atoms. The summed E-state index contributed by atoms with van der Waals surface area (Å²) >= 11 is 0. The topological polar surface area (TPSA) is 40.5 Å². The summed E-state index contributed by atoms with van der Waals surface area (Å²) in [4.78, 5) is 14.1. The predicted molar refractivity (Wildman–Crippen MR) is 65.1 cm³/mol. The third-order valence-corrected chi connectivity index (χ3v) is 3.63. The van der Waals surface area contributed by atoms with Gasteiger partial charge in [-0.1, -0.05) is 20.3 Å². The van der Waals surface area contributed by atoms with E-state index in [-0.39, 0.29) is 18.6 Å². The second kappa shape index (κ2) is 6.89. The van der Waals surface area contributed by atoms with Crippen molar-refractivity contribution in [3.05, 3.63) is 0 Å². The lowest BCUT2D eigenvalue weighted by molar-refractivity contribution is -0.136. The van der Waals surface area contributed by atoms with Crippen LogP contribution in [0.4, 0.5) is 0 Å². The molecule has 1 fully saturated rings. The molecular formula is C13H25NO2. The number of likely N-dealkylation sites (tertiary alicyclic amines) is 1. The number of aliphatic hydroxyl groups excluding tert-OH is 1. The maximum absolute atomic E-state index is 12.1. The number of carbonyl (C=O) groups is 1. The van der Waals surface area contributed by atoms with Gasteiger partial charge in [-0.3, -0.25) is 4.79 Å². The van der Waals surface area contributed by atoms with Gasteiger partial charge in [0.25, 0.3) is 0 Å². The van der Waals surface area contributed by atoms with Crippen molar-refractivity contribution < 1.29 is 9.90 Å². The fourth-order valence-corrected chi connectivity index (χ4v) is 2.34. The highest BCUT2D eigenvalue weighted by atomic mass is 16.3. The Balaban J connectivity index is 2.50. The van der Waals surface area contributed by atoms with Crippen LogP contribution in [0.15, 0.2) is 0 Å². The molecule has 3 heteroatoms. The van der Waals surface area contributed by atoms with Crippen LogP contribution < -0.4 is 0 Å². The highest BCUT2D eigenvalue weighted by Crippen LogP contribution is 2.21. The zero-order valence-corrected chi connectivity index (χ0v) is 10.6. The van der Waals surface area contributed by atoms with Crippen LogP contribution in [0.2, 0.25) is 0 Å². The lowest BCUT2D eigenvalue weighted by Crippen LogP contribution is -2.44. The number of hydrogen-bond donors (Lipinski definition) is 1. The van der Waals surface area contributed by atoms with Crippen LogP contribution in [0, 0.1) is 5.92 Å². The van der Waals surface area contributed by atoms with Gasteiger partial charge < -0.3 is 10.0 Å². The van der Waals surface area contributed by atoms with Crippen LogP contribution in [-0.4, -0.2) is 35.1 Å². The molecule has 3 nitrogen and oxygen atoms in total. The van der Waals surface area contributed by atoms with E-state index < -0.39 is 0 Å². The van der Waals surface area contributed by atoms with Crippen LogP contribution in [0.5, 0.6) is 0 Å². The van der Waals surface area contributed by atoms with Crippen molar-refractivity contribution in [2.24, 2.45) is 5.92 Å². The van der Waals surface area contributed by atoms with E-state index in [1.807, 2.05) is 4.90 Å². The number of aliphatic hydroxyl groups is 1. The molecule has 0 bridgehead atoms. The van der Waals surface area contributed by atoms with Crippen molar-refractivity contribution in [1.82, 2.24) is 4.90 Å². The van der Waals surface area contributed by atoms with Crippen molar-refractivity contribution >= 4 is 5.91 Å². The summed E-state index contributed by atoms with van der Waals surface area (Å²) in [5.41, 5.74) is 0. The minimum absolute atomic E-state index is 0.192. The Bertz CT molecular complexity index is 216. The molecule has 0 radical (unpaired) electrons. The maximum Gasteiger partial charge on any atom is 0.223 e. The summed E-state index contributed by atoms with van der Waals surface area (Å²) in [6.07, 6.45) is 5.84. The number of amides is 1. The van der Waals surface area contributed by atoms with Crippen molar-refractivity contribution in [1.29, 1.82) is 0 Å². The van der Waals surface area contributed by atoms with Crippen LogP contribution in [0.1, 0.15) is 52.4 Å². The van der Waals surface area contributed by atoms with E-state index >= 15 is 0 Å². The molecule has 0 aliphatic carbocycles. The summed E-state index contributed by atoms with van der Waals surface area (Å²) in [5, 5.41) is 9.01. The highest BCUT2D eigenvalue weighted by Gasteiger charge is 2.26. The quantitative estimate of drug-likeness (QED) is 0.782. The number of carbonyl (C=O) groups excluding carboxylic acids is 1. The standard InChI is InChI=1S/C13H25NO2/c1-3-11(2)10-13(16)14-8-5-4-6-12(14)7-9-15/h11-12,15H,3-10H2,1-2H3/t11?,12-/m0/s1. The first-order valence-electron chi connectivity index (χ1n) is 6.59. The third-order valence-electron chi connectivity index (χ3n) is 3.63. The van der Waals surface area contributed by atoms with Crippen LogP contribution in [-0.2, 0) is 4.79 Å². The molecule has 1 aliphatic heterocycles. The van der Waals surface area contributed by atoms with Gasteiger partial charge in [-0.05, 0) is 31.6 Å². The number of hydrogen-bond acceptors (Lipinski definition) is 2. The maximum atomic E-state index is 12.1. The summed E-state index contributed by atoms with van der Waals surface area (Å²) in [6.45, 7) is 5.33. The Morgan fingerprint density at radius 3 is 2.88 bits per heavy atom. The lowest BCUT2D eigenvalue weighted by Gasteiger charge is -2.36. The molecule has 0 aromatic heterocycles. The van der Waals surface area contributed by atoms with E-state index in [4.69, 9.17) is 5.11 Å². The van der Waals surface area contributed by atoms with Crippen molar-refractivity contribution in [3.8, 4) is 0 Å². The van der Waals surface area contributed by atoms with Gasteiger partial charge in [0.1, 0.15) is 0 Å². The smallest absolute Gasteiger partial charge is 0.223 e. The molecule has 0 saturated carbocycles. The van der Waals surface area contributed by atoms with Crippen molar-refractivity contribution in [3.63, 3.8) is 0 Å². The fraction of sp³-hybridized carbons (Fsp3) is 0.923. The second-order valence-electron chi connectivity index (χ2n) is 4.97. The highest BCUT2D eigenvalue weighted by molar-refractivity contribution is 5.76. The molecule has 1 rings (SSSR count). The summed E-state index contributed by atoms with van der Waals surface area (Å²) < 4.78 is 0. The van der Waals surface area contributed by atoms with E-state index in [1.165, 1.54) is 6.42 Å². The summed E-state index contributed by atoms with van der Waals surface area (Å²) in [7, 11) is 0. The Hall–Kier alpha value is -0.570. The Labute approximate surface area is 98.8 Å². The minimum atomic E-state index is 0.192. The number of nitrogens with zero attached hydrogens (tertiary/aromatic N) is 1. The molecule has 1 heterocycles. The van der Waals surface area contributed by atoms with Gasteiger partial charge in [-0.25, -0.2) is 0 Å². The van der Waals surface area contributed by atoms with E-state index in [0.29, 0.717) is 12.3 Å². The van der Waals surface area contributed by atoms with Crippen LogP contribution in [0.3, 0.4) is 0 Å². The lowest BCUT2D eigenvalue weighted by atomic mass is 9.97. The fourth-order valence-electron chi connectivity index (χ4n) is 2.34. The molecule has 1 amide bonds. The monoisotopic (exact) mass is 227 g/mol. The average molecular weight is 227 g/mol. The van der Waals surface area contributed by atoms with Crippen molar-refractivity contribution in [2.75, 3.05) is 13.2 Å². The largest absolute Gasteiger partial charge is 0.396 e. The first kappa shape index (κ1) is 13.5. The third kappa shape index (κ3) is 3.78. The summed E-state index contributed by atoms with van der Waals surface area (Å²) in [6, 6.07) is 0.287. The summed E-state index contributed by atoms with van der Waals surface area (Å²) in [5.74, 6) is 0.761. The van der Waals surface area contributed by atoms with Crippen LogP contribution in [0.25, 0.3) is 0 Å². The Morgan fingerprint density at radius 1 is 1.50 bits per heavy atom. The van der Waals surface area contributed by atoms with E-state index in [9.17, 15) is 4.79 Å². The van der Waals surface area contributed by atoms with Gasteiger partial charge >= 0.3 is 0 Å². The van der Waals surface area contributed by atoms with Gasteiger partial charge in [0.15, 0.2) is 0 Å². The molecule has 1 N–H and O–H groups in total. The van der Waals surface area contributed by atoms with Gasteiger partial charge in [-0.15, -0.1) is 0 Å². The second-order valence-corrected chi connectivity index (χ2v) is 4.97. The zero-order valence-electron chi connectivity index (χ0n) is 10.6. The van der Waals surface area contributed by atoms with E-state index in [0.717, 1.165) is 32.2 Å². The molecule has 2 atom stereocenters. The predicted octanol–water partition coefficient (Wildman–Crippen LogP) is 2.19. The first-order valence-corrected chi connectivity index (χ1v) is 6.59. The van der Waals surface area contributed by atoms with Gasteiger partial charge in [0.2, 0.25) is 5.91 Å². The number of piperidine rings is 1. The molecule has 1 aliphatic rings. The molecule has 1 unspecified atom stereocenters. The molecular weight excluding hydrogens is 202 g/mol. The SMILES string of the molecule is CCC(C)CC(=O)N1CCCC[C@H]1CCO. The normalized spacial score (nSPS) is 23.2. The van der Waals surface area contributed by atoms with E-state index in [2.05, 4.69) is 13.8 Å². The molecule has 1 saturated heterocycles. The first-order chi connectivity index (χ1) is 7.69.